The zero-order valence-electron chi connectivity index (χ0n) is 14.9. The molecular formula is C18H20Cl2N2O3S2. The molecule has 0 bridgehead atoms. The second-order valence-electron chi connectivity index (χ2n) is 5.81. The molecule has 0 aliphatic rings. The molecule has 0 aliphatic carbocycles. The Kier molecular flexibility index (Phi) is 7.85. The van der Waals surface area contributed by atoms with Crippen LogP contribution >= 0.6 is 35.0 Å². The van der Waals surface area contributed by atoms with E-state index in [4.69, 9.17) is 23.2 Å². The van der Waals surface area contributed by atoms with Crippen LogP contribution in [0, 0.1) is 0 Å². The van der Waals surface area contributed by atoms with Gasteiger partial charge in [-0.1, -0.05) is 29.3 Å². The van der Waals surface area contributed by atoms with E-state index in [1.165, 1.54) is 6.07 Å². The molecule has 27 heavy (non-hydrogen) atoms. The van der Waals surface area contributed by atoms with Crippen molar-refractivity contribution in [3.8, 4) is 0 Å². The lowest BCUT2D eigenvalue weighted by molar-refractivity contribution is -0.121. The van der Waals surface area contributed by atoms with Crippen LogP contribution in [0.2, 0.25) is 10.0 Å². The van der Waals surface area contributed by atoms with Gasteiger partial charge in [0.15, 0.2) is 0 Å². The van der Waals surface area contributed by atoms with Crippen molar-refractivity contribution in [3.05, 3.63) is 58.6 Å². The van der Waals surface area contributed by atoms with Gasteiger partial charge in [-0.05, 0) is 49.4 Å². The van der Waals surface area contributed by atoms with Crippen LogP contribution in [0.25, 0.3) is 0 Å². The Bertz CT molecular complexity index is 890. The van der Waals surface area contributed by atoms with E-state index in [-0.39, 0.29) is 5.91 Å². The van der Waals surface area contributed by atoms with E-state index >= 15 is 0 Å². The lowest BCUT2D eigenvalue weighted by Gasteiger charge is -2.28. The normalized spacial score (nSPS) is 12.4. The molecule has 0 aromatic heterocycles. The molecule has 0 heterocycles. The summed E-state index contributed by atoms with van der Waals surface area (Å²) >= 11 is 13.4. The highest BCUT2D eigenvalue weighted by atomic mass is 35.5. The summed E-state index contributed by atoms with van der Waals surface area (Å²) in [5.41, 5.74) is 0.350. The number of carbonyl (C=O) groups is 1. The summed E-state index contributed by atoms with van der Waals surface area (Å²) in [6.45, 7) is 1.95. The first-order valence-electron chi connectivity index (χ1n) is 8.09. The minimum Gasteiger partial charge on any atom is -0.353 e. The number of sulfonamides is 1. The number of benzene rings is 2. The van der Waals surface area contributed by atoms with Crippen LogP contribution in [0.5, 0.6) is 0 Å². The topological polar surface area (TPSA) is 66.5 Å². The molecule has 5 nitrogen and oxygen atoms in total. The van der Waals surface area contributed by atoms with Gasteiger partial charge in [-0.15, -0.1) is 11.8 Å². The molecule has 1 amide bonds. The molecule has 1 atom stereocenters. The molecule has 146 valence electrons. The first-order chi connectivity index (χ1) is 12.7. The maximum absolute atomic E-state index is 12.5. The van der Waals surface area contributed by atoms with Crippen molar-refractivity contribution in [1.29, 1.82) is 0 Å². The minimum absolute atomic E-state index is 0.350. The van der Waals surface area contributed by atoms with E-state index in [9.17, 15) is 13.2 Å². The third-order valence-corrected chi connectivity index (χ3v) is 6.38. The van der Waals surface area contributed by atoms with Crippen LogP contribution in [0.3, 0.4) is 0 Å². The Morgan fingerprint density at radius 1 is 1.15 bits per heavy atom. The molecule has 0 saturated heterocycles. The number of amides is 1. The monoisotopic (exact) mass is 446 g/mol. The largest absolute Gasteiger partial charge is 0.353 e. The average Bonchev–Trinajstić information content (AvgIpc) is 2.59. The lowest BCUT2D eigenvalue weighted by Crippen LogP contribution is -2.48. The van der Waals surface area contributed by atoms with Crippen molar-refractivity contribution in [1.82, 2.24) is 5.32 Å². The molecule has 0 saturated carbocycles. The van der Waals surface area contributed by atoms with Crippen molar-refractivity contribution in [2.24, 2.45) is 0 Å². The Morgan fingerprint density at radius 3 is 2.41 bits per heavy atom. The van der Waals surface area contributed by atoms with Gasteiger partial charge in [-0.3, -0.25) is 9.10 Å². The van der Waals surface area contributed by atoms with Crippen LogP contribution in [-0.4, -0.2) is 38.9 Å². The number of halogens is 2. The molecule has 1 N–H and O–H groups in total. The van der Waals surface area contributed by atoms with E-state index < -0.39 is 16.1 Å². The fourth-order valence-electron chi connectivity index (χ4n) is 2.44. The molecular weight excluding hydrogens is 427 g/mol. The van der Waals surface area contributed by atoms with Crippen molar-refractivity contribution >= 4 is 56.6 Å². The summed E-state index contributed by atoms with van der Waals surface area (Å²) in [6, 6.07) is 12.9. The van der Waals surface area contributed by atoms with E-state index in [1.807, 2.05) is 12.1 Å². The minimum atomic E-state index is -3.66. The Hall–Kier alpha value is -1.41. The number of carbonyl (C=O) groups excluding carboxylic acids is 1. The second kappa shape index (κ2) is 9.68. The van der Waals surface area contributed by atoms with Gasteiger partial charge in [-0.25, -0.2) is 8.42 Å². The van der Waals surface area contributed by atoms with Gasteiger partial charge in [0, 0.05) is 27.2 Å². The third-order valence-electron chi connectivity index (χ3n) is 3.63. The highest BCUT2D eigenvalue weighted by Gasteiger charge is 2.29. The standard InChI is InChI=1S/C18H20Cl2N2O3S2/c1-13(22(27(2,24)25)16-5-3-4-15(20)12-16)18(23)21-10-11-26-17-8-6-14(19)7-9-17/h3-9,12-13H,10-11H2,1-2H3,(H,21,23)/t13-/m1/s1. The molecule has 0 unspecified atom stereocenters. The summed E-state index contributed by atoms with van der Waals surface area (Å²) in [5, 5.41) is 3.84. The van der Waals surface area contributed by atoms with E-state index in [2.05, 4.69) is 5.32 Å². The number of anilines is 1. The number of hydrogen-bond donors (Lipinski definition) is 1. The third kappa shape index (κ3) is 6.60. The fourth-order valence-corrected chi connectivity index (χ4v) is 4.69. The van der Waals surface area contributed by atoms with Gasteiger partial charge in [0.2, 0.25) is 15.9 Å². The fraction of sp³-hybridized carbons (Fsp3) is 0.278. The van der Waals surface area contributed by atoms with Crippen molar-refractivity contribution in [2.75, 3.05) is 22.9 Å². The zero-order valence-corrected chi connectivity index (χ0v) is 18.0. The molecule has 9 heteroatoms. The Morgan fingerprint density at radius 2 is 1.81 bits per heavy atom. The average molecular weight is 447 g/mol. The van der Waals surface area contributed by atoms with Crippen LogP contribution in [0.1, 0.15) is 6.92 Å². The predicted molar refractivity (Wildman–Crippen MR) is 113 cm³/mol. The molecule has 2 aromatic rings. The second-order valence-corrected chi connectivity index (χ2v) is 9.71. The van der Waals surface area contributed by atoms with Crippen LogP contribution in [0.15, 0.2) is 53.4 Å². The molecule has 0 fully saturated rings. The zero-order chi connectivity index (χ0) is 20.0. The number of hydrogen-bond acceptors (Lipinski definition) is 4. The number of nitrogens with zero attached hydrogens (tertiary/aromatic N) is 1. The number of thioether (sulfide) groups is 1. The molecule has 2 rings (SSSR count). The van der Waals surface area contributed by atoms with E-state index in [0.717, 1.165) is 15.5 Å². The summed E-state index contributed by atoms with van der Waals surface area (Å²) in [7, 11) is -3.66. The highest BCUT2D eigenvalue weighted by molar-refractivity contribution is 7.99. The molecule has 2 aromatic carbocycles. The summed E-state index contributed by atoms with van der Waals surface area (Å²) in [5.74, 6) is 0.271. The van der Waals surface area contributed by atoms with Gasteiger partial charge >= 0.3 is 0 Å². The smallest absolute Gasteiger partial charge is 0.243 e. The van der Waals surface area contributed by atoms with Gasteiger partial charge in [0.05, 0.1) is 11.9 Å². The lowest BCUT2D eigenvalue weighted by atomic mass is 10.2. The molecule has 0 spiro atoms. The highest BCUT2D eigenvalue weighted by Crippen LogP contribution is 2.24. The predicted octanol–water partition coefficient (Wildman–Crippen LogP) is 4.06. The Labute approximate surface area is 174 Å². The summed E-state index contributed by atoms with van der Waals surface area (Å²) in [4.78, 5) is 13.5. The maximum Gasteiger partial charge on any atom is 0.243 e. The van der Waals surface area contributed by atoms with E-state index in [1.54, 1.807) is 49.0 Å². The number of rotatable bonds is 8. The SMILES string of the molecule is C[C@H](C(=O)NCCSc1ccc(Cl)cc1)N(c1cccc(Cl)c1)S(C)(=O)=O. The van der Waals surface area contributed by atoms with Crippen LogP contribution in [-0.2, 0) is 14.8 Å². The van der Waals surface area contributed by atoms with Crippen LogP contribution < -0.4 is 9.62 Å². The molecule has 0 radical (unpaired) electrons. The summed E-state index contributed by atoms with van der Waals surface area (Å²) < 4.78 is 25.5. The first kappa shape index (κ1) is 21.9. The van der Waals surface area contributed by atoms with Crippen molar-refractivity contribution < 1.29 is 13.2 Å². The Balaban J connectivity index is 1.97. The first-order valence-corrected chi connectivity index (χ1v) is 11.7. The van der Waals surface area contributed by atoms with Crippen molar-refractivity contribution in [3.63, 3.8) is 0 Å². The maximum atomic E-state index is 12.5. The van der Waals surface area contributed by atoms with Gasteiger partial charge in [0.1, 0.15) is 6.04 Å². The van der Waals surface area contributed by atoms with Crippen LogP contribution in [0.4, 0.5) is 5.69 Å². The molecule has 0 aliphatic heterocycles. The quantitative estimate of drug-likeness (QED) is 0.490. The summed E-state index contributed by atoms with van der Waals surface area (Å²) in [6.07, 6.45) is 1.06. The van der Waals surface area contributed by atoms with E-state index in [0.29, 0.717) is 28.0 Å². The van der Waals surface area contributed by atoms with Gasteiger partial charge < -0.3 is 5.32 Å². The van der Waals surface area contributed by atoms with Gasteiger partial charge in [-0.2, -0.15) is 0 Å². The number of nitrogens with one attached hydrogen (secondary N) is 1. The van der Waals surface area contributed by atoms with Crippen molar-refractivity contribution in [2.45, 2.75) is 17.9 Å². The van der Waals surface area contributed by atoms with Gasteiger partial charge in [0.25, 0.3) is 0 Å².